The molecule has 0 bridgehead atoms. The predicted octanol–water partition coefficient (Wildman–Crippen LogP) is 2.15. The van der Waals surface area contributed by atoms with Crippen molar-refractivity contribution in [3.63, 3.8) is 0 Å². The van der Waals surface area contributed by atoms with E-state index in [-0.39, 0.29) is 24.8 Å². The summed E-state index contributed by atoms with van der Waals surface area (Å²) in [4.78, 5) is 23.1. The second-order valence-electron chi connectivity index (χ2n) is 4.97. The molecule has 4 heteroatoms. The lowest BCUT2D eigenvalue weighted by Gasteiger charge is -2.06. The molecule has 0 saturated heterocycles. The highest BCUT2D eigenvalue weighted by molar-refractivity contribution is 5.85. The first-order chi connectivity index (χ1) is 10.7. The Morgan fingerprint density at radius 3 is 2.09 bits per heavy atom. The van der Waals surface area contributed by atoms with Crippen molar-refractivity contribution >= 4 is 11.8 Å². The van der Waals surface area contributed by atoms with Crippen LogP contribution in [0.4, 0.5) is 0 Å². The molecule has 114 valence electrons. The summed E-state index contributed by atoms with van der Waals surface area (Å²) in [5.74, 6) is -0.325. The highest BCUT2D eigenvalue weighted by Gasteiger charge is 2.06. The summed E-state index contributed by atoms with van der Waals surface area (Å²) in [7, 11) is 0. The van der Waals surface area contributed by atoms with Crippen LogP contribution in [0.1, 0.15) is 12.5 Å². The summed E-state index contributed by atoms with van der Waals surface area (Å²) in [6, 6.07) is 18.0. The van der Waals surface area contributed by atoms with Crippen LogP contribution < -0.4 is 10.6 Å². The van der Waals surface area contributed by atoms with Crippen LogP contribution in [0.5, 0.6) is 0 Å². The second-order valence-corrected chi connectivity index (χ2v) is 4.97. The van der Waals surface area contributed by atoms with E-state index in [1.807, 2.05) is 61.5 Å². The van der Waals surface area contributed by atoms with Crippen LogP contribution in [0.3, 0.4) is 0 Å². The third-order valence-corrected chi connectivity index (χ3v) is 3.25. The quantitative estimate of drug-likeness (QED) is 0.858. The van der Waals surface area contributed by atoms with Gasteiger partial charge in [-0.05, 0) is 23.6 Å². The molecule has 0 fully saturated rings. The monoisotopic (exact) mass is 296 g/mol. The molecule has 0 aliphatic heterocycles. The zero-order valence-corrected chi connectivity index (χ0v) is 12.6. The number of carbonyl (C=O) groups is 2. The molecule has 0 saturated carbocycles. The Hall–Kier alpha value is -2.62. The van der Waals surface area contributed by atoms with Gasteiger partial charge in [-0.15, -0.1) is 0 Å². The van der Waals surface area contributed by atoms with Crippen LogP contribution in [-0.4, -0.2) is 24.9 Å². The molecule has 2 N–H and O–H groups in total. The van der Waals surface area contributed by atoms with Gasteiger partial charge < -0.3 is 10.6 Å². The molecule has 0 unspecified atom stereocenters. The van der Waals surface area contributed by atoms with E-state index in [9.17, 15) is 9.59 Å². The first-order valence-corrected chi connectivity index (χ1v) is 7.37. The number of benzene rings is 2. The third kappa shape index (κ3) is 4.74. The Balaban J connectivity index is 1.89. The Bertz CT molecular complexity index is 621. The molecular weight excluding hydrogens is 276 g/mol. The summed E-state index contributed by atoms with van der Waals surface area (Å²) in [5, 5.41) is 5.25. The fourth-order valence-corrected chi connectivity index (χ4v) is 2.13. The van der Waals surface area contributed by atoms with E-state index in [1.54, 1.807) is 0 Å². The molecule has 4 nitrogen and oxygen atoms in total. The Morgan fingerprint density at radius 2 is 1.45 bits per heavy atom. The van der Waals surface area contributed by atoms with Gasteiger partial charge >= 0.3 is 0 Å². The Kier molecular flexibility index (Phi) is 5.72. The van der Waals surface area contributed by atoms with E-state index in [2.05, 4.69) is 10.6 Å². The van der Waals surface area contributed by atoms with Crippen LogP contribution in [0.15, 0.2) is 54.6 Å². The average Bonchev–Trinajstić information content (AvgIpc) is 2.55. The van der Waals surface area contributed by atoms with Crippen molar-refractivity contribution in [2.75, 3.05) is 13.1 Å². The molecule has 0 aliphatic rings. The van der Waals surface area contributed by atoms with Gasteiger partial charge in [0.05, 0.1) is 13.0 Å². The number of hydrogen-bond acceptors (Lipinski definition) is 2. The zero-order chi connectivity index (χ0) is 15.8. The van der Waals surface area contributed by atoms with Gasteiger partial charge in [0.2, 0.25) is 11.8 Å². The fourth-order valence-electron chi connectivity index (χ4n) is 2.13. The first kappa shape index (κ1) is 15.8. The lowest BCUT2D eigenvalue weighted by Crippen LogP contribution is -2.37. The molecular formula is C18H20N2O2. The minimum Gasteiger partial charge on any atom is -0.355 e. The molecule has 2 amide bonds. The fraction of sp³-hybridized carbons (Fsp3) is 0.222. The van der Waals surface area contributed by atoms with Gasteiger partial charge in [-0.2, -0.15) is 0 Å². The predicted molar refractivity (Wildman–Crippen MR) is 87.3 cm³/mol. The highest BCUT2D eigenvalue weighted by Crippen LogP contribution is 2.19. The standard InChI is InChI=1S/C18H20N2O2/c1-2-19-18(22)13-20-17(21)12-14-8-10-16(11-9-14)15-6-4-3-5-7-15/h3-11H,2,12-13H2,1H3,(H,19,22)(H,20,21). The van der Waals surface area contributed by atoms with Crippen molar-refractivity contribution in [1.29, 1.82) is 0 Å². The SMILES string of the molecule is CCNC(=O)CNC(=O)Cc1ccc(-c2ccccc2)cc1. The summed E-state index contributed by atoms with van der Waals surface area (Å²) < 4.78 is 0. The summed E-state index contributed by atoms with van der Waals surface area (Å²) in [5.41, 5.74) is 3.19. The van der Waals surface area contributed by atoms with Gasteiger partial charge in [0, 0.05) is 6.54 Å². The van der Waals surface area contributed by atoms with E-state index >= 15 is 0 Å². The van der Waals surface area contributed by atoms with Crippen LogP contribution in [0.25, 0.3) is 11.1 Å². The van der Waals surface area contributed by atoms with Crippen LogP contribution in [0, 0.1) is 0 Å². The lowest BCUT2D eigenvalue weighted by molar-refractivity contribution is -0.125. The number of hydrogen-bond donors (Lipinski definition) is 2. The van der Waals surface area contributed by atoms with E-state index in [1.165, 1.54) is 0 Å². The number of likely N-dealkylation sites (N-methyl/N-ethyl adjacent to an activating group) is 1. The van der Waals surface area contributed by atoms with E-state index in [4.69, 9.17) is 0 Å². The number of amides is 2. The molecule has 0 heterocycles. The third-order valence-electron chi connectivity index (χ3n) is 3.25. The van der Waals surface area contributed by atoms with Crippen molar-refractivity contribution in [1.82, 2.24) is 10.6 Å². The zero-order valence-electron chi connectivity index (χ0n) is 12.6. The van der Waals surface area contributed by atoms with Crippen molar-refractivity contribution in [3.05, 3.63) is 60.2 Å². The van der Waals surface area contributed by atoms with Crippen LogP contribution in [-0.2, 0) is 16.0 Å². The van der Waals surface area contributed by atoms with Gasteiger partial charge in [0.15, 0.2) is 0 Å². The maximum absolute atomic E-state index is 11.8. The van der Waals surface area contributed by atoms with Crippen LogP contribution in [0.2, 0.25) is 0 Å². The number of nitrogens with one attached hydrogen (secondary N) is 2. The minimum atomic E-state index is -0.171. The molecule has 22 heavy (non-hydrogen) atoms. The molecule has 0 radical (unpaired) electrons. The molecule has 2 rings (SSSR count). The van der Waals surface area contributed by atoms with Crippen molar-refractivity contribution in [2.24, 2.45) is 0 Å². The van der Waals surface area contributed by atoms with Gasteiger partial charge in [0.1, 0.15) is 0 Å². The van der Waals surface area contributed by atoms with Crippen LogP contribution >= 0.6 is 0 Å². The van der Waals surface area contributed by atoms with E-state index < -0.39 is 0 Å². The first-order valence-electron chi connectivity index (χ1n) is 7.37. The molecule has 0 atom stereocenters. The molecule has 0 aliphatic carbocycles. The number of rotatable bonds is 6. The second kappa shape index (κ2) is 7.98. The smallest absolute Gasteiger partial charge is 0.239 e. The highest BCUT2D eigenvalue weighted by atomic mass is 16.2. The largest absolute Gasteiger partial charge is 0.355 e. The molecule has 0 aromatic heterocycles. The Labute approximate surface area is 130 Å². The van der Waals surface area contributed by atoms with E-state index in [0.29, 0.717) is 6.54 Å². The molecule has 2 aromatic rings. The minimum absolute atomic E-state index is 0.0226. The van der Waals surface area contributed by atoms with Gasteiger partial charge in [0.25, 0.3) is 0 Å². The maximum atomic E-state index is 11.8. The van der Waals surface area contributed by atoms with Gasteiger partial charge in [-0.3, -0.25) is 9.59 Å². The Morgan fingerprint density at radius 1 is 0.818 bits per heavy atom. The van der Waals surface area contributed by atoms with Crippen molar-refractivity contribution < 1.29 is 9.59 Å². The van der Waals surface area contributed by atoms with Gasteiger partial charge in [-0.1, -0.05) is 54.6 Å². The number of carbonyl (C=O) groups excluding carboxylic acids is 2. The summed E-state index contributed by atoms with van der Waals surface area (Å²) >= 11 is 0. The average molecular weight is 296 g/mol. The van der Waals surface area contributed by atoms with Crippen molar-refractivity contribution in [3.8, 4) is 11.1 Å². The topological polar surface area (TPSA) is 58.2 Å². The molecule has 0 spiro atoms. The maximum Gasteiger partial charge on any atom is 0.239 e. The lowest BCUT2D eigenvalue weighted by atomic mass is 10.0. The molecule has 2 aromatic carbocycles. The normalized spacial score (nSPS) is 10.0. The summed E-state index contributed by atoms with van der Waals surface area (Å²) in [6.45, 7) is 2.43. The van der Waals surface area contributed by atoms with E-state index in [0.717, 1.165) is 16.7 Å². The van der Waals surface area contributed by atoms with Crippen molar-refractivity contribution in [2.45, 2.75) is 13.3 Å². The van der Waals surface area contributed by atoms with Gasteiger partial charge in [-0.25, -0.2) is 0 Å². The summed E-state index contributed by atoms with van der Waals surface area (Å²) in [6.07, 6.45) is 0.272.